The van der Waals surface area contributed by atoms with Gasteiger partial charge in [0.15, 0.2) is 0 Å². The zero-order valence-corrected chi connectivity index (χ0v) is 18.7. The molecule has 0 aromatic heterocycles. The first-order valence-electron chi connectivity index (χ1n) is 10.3. The fourth-order valence-electron chi connectivity index (χ4n) is 3.63. The number of anilines is 2. The number of hydrogen-bond donors (Lipinski definition) is 1. The van der Waals surface area contributed by atoms with Gasteiger partial charge in [-0.15, -0.1) is 11.8 Å². The number of methoxy groups -OCH3 is 1. The van der Waals surface area contributed by atoms with E-state index in [0.29, 0.717) is 35.1 Å². The van der Waals surface area contributed by atoms with Gasteiger partial charge < -0.3 is 14.8 Å². The van der Waals surface area contributed by atoms with E-state index in [9.17, 15) is 9.59 Å². The largest absolute Gasteiger partial charge is 0.496 e. The summed E-state index contributed by atoms with van der Waals surface area (Å²) in [4.78, 5) is 27.2. The van der Waals surface area contributed by atoms with Crippen molar-refractivity contribution in [3.05, 3.63) is 83.9 Å². The number of carbonyl (C=O) groups excluding carboxylic acids is 2. The monoisotopic (exact) mass is 448 g/mol. The van der Waals surface area contributed by atoms with Gasteiger partial charge in [0.2, 0.25) is 5.91 Å². The predicted molar refractivity (Wildman–Crippen MR) is 128 cm³/mol. The average molecular weight is 449 g/mol. The van der Waals surface area contributed by atoms with Crippen LogP contribution in [0.4, 0.5) is 11.4 Å². The van der Waals surface area contributed by atoms with E-state index in [0.717, 1.165) is 11.3 Å². The van der Waals surface area contributed by atoms with Crippen LogP contribution in [-0.2, 0) is 4.79 Å². The predicted octanol–water partition coefficient (Wildman–Crippen LogP) is 5.12. The van der Waals surface area contributed by atoms with Crippen molar-refractivity contribution in [2.45, 2.75) is 12.3 Å². The van der Waals surface area contributed by atoms with E-state index in [4.69, 9.17) is 9.47 Å². The molecule has 3 aromatic rings. The molecule has 0 bridgehead atoms. The second-order valence-corrected chi connectivity index (χ2v) is 8.17. The minimum Gasteiger partial charge on any atom is -0.496 e. The highest BCUT2D eigenvalue weighted by atomic mass is 32.2. The third-order valence-corrected chi connectivity index (χ3v) is 6.31. The van der Waals surface area contributed by atoms with Crippen molar-refractivity contribution in [3.63, 3.8) is 0 Å². The topological polar surface area (TPSA) is 67.9 Å². The number of hydrogen-bond acceptors (Lipinski definition) is 5. The summed E-state index contributed by atoms with van der Waals surface area (Å²) in [6.45, 7) is 2.45. The van der Waals surface area contributed by atoms with Crippen LogP contribution >= 0.6 is 11.8 Å². The van der Waals surface area contributed by atoms with Gasteiger partial charge in [0.1, 0.15) is 16.9 Å². The molecular weight excluding hydrogens is 424 g/mol. The Morgan fingerprint density at radius 1 is 1.03 bits per heavy atom. The van der Waals surface area contributed by atoms with Crippen LogP contribution in [-0.4, -0.2) is 31.3 Å². The van der Waals surface area contributed by atoms with Gasteiger partial charge in [-0.25, -0.2) is 0 Å². The van der Waals surface area contributed by atoms with Gasteiger partial charge in [0, 0.05) is 5.69 Å². The van der Waals surface area contributed by atoms with E-state index in [2.05, 4.69) is 5.32 Å². The number of nitrogens with one attached hydrogen (secondary N) is 1. The van der Waals surface area contributed by atoms with Crippen LogP contribution in [0.3, 0.4) is 0 Å². The van der Waals surface area contributed by atoms with Gasteiger partial charge in [-0.1, -0.05) is 36.4 Å². The van der Waals surface area contributed by atoms with Gasteiger partial charge in [-0.2, -0.15) is 0 Å². The Bertz CT molecular complexity index is 1120. The Kier molecular flexibility index (Phi) is 6.66. The summed E-state index contributed by atoms with van der Waals surface area (Å²) in [6.07, 6.45) is 0. The van der Waals surface area contributed by atoms with Crippen LogP contribution in [0.15, 0.2) is 72.8 Å². The summed E-state index contributed by atoms with van der Waals surface area (Å²) in [6, 6.07) is 22.2. The van der Waals surface area contributed by atoms with Crippen molar-refractivity contribution in [2.24, 2.45) is 0 Å². The molecule has 2 amide bonds. The number of para-hydroxylation sites is 3. The summed E-state index contributed by atoms with van der Waals surface area (Å²) < 4.78 is 11.0. The maximum atomic E-state index is 12.7. The number of carbonyl (C=O) groups is 2. The molecule has 1 saturated heterocycles. The standard InChI is InChI=1S/C25H24N2O4S/c1-3-31-22-11-7-5-9-20(22)27-23(28)16-32-25(27)17-12-14-18(15-13-17)26-24(29)19-8-4-6-10-21(19)30-2/h4-15,25H,3,16H2,1-2H3,(H,26,29)/t25-/m1/s1. The molecule has 7 heteroatoms. The van der Waals surface area contributed by atoms with E-state index in [1.165, 1.54) is 7.11 Å². The first-order chi connectivity index (χ1) is 15.6. The van der Waals surface area contributed by atoms with E-state index in [1.807, 2.05) is 61.5 Å². The first-order valence-corrected chi connectivity index (χ1v) is 11.4. The van der Waals surface area contributed by atoms with Crippen molar-refractivity contribution in [1.29, 1.82) is 0 Å². The summed E-state index contributed by atoms with van der Waals surface area (Å²) >= 11 is 1.57. The van der Waals surface area contributed by atoms with Gasteiger partial charge >= 0.3 is 0 Å². The third kappa shape index (κ3) is 4.43. The maximum Gasteiger partial charge on any atom is 0.259 e. The molecule has 0 spiro atoms. The molecule has 1 aliphatic rings. The Labute approximate surface area is 191 Å². The number of benzene rings is 3. The molecule has 3 aromatic carbocycles. The summed E-state index contributed by atoms with van der Waals surface area (Å²) in [5, 5.41) is 2.74. The molecule has 1 fully saturated rings. The molecule has 32 heavy (non-hydrogen) atoms. The average Bonchev–Trinajstić information content (AvgIpc) is 3.21. The lowest BCUT2D eigenvalue weighted by atomic mass is 10.1. The van der Waals surface area contributed by atoms with E-state index in [-0.39, 0.29) is 17.2 Å². The smallest absolute Gasteiger partial charge is 0.259 e. The Balaban J connectivity index is 1.54. The molecule has 4 rings (SSSR count). The zero-order valence-electron chi connectivity index (χ0n) is 17.9. The van der Waals surface area contributed by atoms with E-state index >= 15 is 0 Å². The molecular formula is C25H24N2O4S. The van der Waals surface area contributed by atoms with Crippen LogP contribution in [0.5, 0.6) is 11.5 Å². The molecule has 6 nitrogen and oxygen atoms in total. The second kappa shape index (κ2) is 9.78. The molecule has 1 atom stereocenters. The minimum atomic E-state index is -0.243. The fraction of sp³-hybridized carbons (Fsp3) is 0.200. The van der Waals surface area contributed by atoms with Crippen molar-refractivity contribution in [2.75, 3.05) is 29.7 Å². The lowest BCUT2D eigenvalue weighted by molar-refractivity contribution is -0.115. The highest BCUT2D eigenvalue weighted by molar-refractivity contribution is 8.00. The Morgan fingerprint density at radius 2 is 1.72 bits per heavy atom. The van der Waals surface area contributed by atoms with Gasteiger partial charge in [0.25, 0.3) is 5.91 Å². The number of rotatable bonds is 7. The Hall–Kier alpha value is -3.45. The van der Waals surface area contributed by atoms with Crippen molar-refractivity contribution in [3.8, 4) is 11.5 Å². The van der Waals surface area contributed by atoms with Gasteiger partial charge in [0.05, 0.1) is 30.7 Å². The minimum absolute atomic E-state index is 0.0423. The highest BCUT2D eigenvalue weighted by Crippen LogP contribution is 2.44. The van der Waals surface area contributed by atoms with Gasteiger partial charge in [-0.05, 0) is 48.9 Å². The molecule has 0 aliphatic carbocycles. The number of nitrogens with zero attached hydrogens (tertiary/aromatic N) is 1. The SMILES string of the molecule is CCOc1ccccc1N1C(=O)CS[C@@H]1c1ccc(NC(=O)c2ccccc2OC)cc1. The van der Waals surface area contributed by atoms with Crippen LogP contribution in [0.1, 0.15) is 28.2 Å². The fourth-order valence-corrected chi connectivity index (χ4v) is 4.80. The van der Waals surface area contributed by atoms with Crippen molar-refractivity contribution < 1.29 is 19.1 Å². The molecule has 0 unspecified atom stereocenters. The zero-order chi connectivity index (χ0) is 22.5. The molecule has 164 valence electrons. The lowest BCUT2D eigenvalue weighted by Gasteiger charge is -2.26. The maximum absolute atomic E-state index is 12.7. The number of thioether (sulfide) groups is 1. The number of amides is 2. The van der Waals surface area contributed by atoms with Crippen LogP contribution in [0, 0.1) is 0 Å². The molecule has 1 aliphatic heterocycles. The van der Waals surface area contributed by atoms with Crippen LogP contribution < -0.4 is 19.7 Å². The highest BCUT2D eigenvalue weighted by Gasteiger charge is 2.35. The van der Waals surface area contributed by atoms with Gasteiger partial charge in [-0.3, -0.25) is 14.5 Å². The number of ether oxygens (including phenoxy) is 2. The first kappa shape index (κ1) is 21.8. The molecule has 0 saturated carbocycles. The second-order valence-electron chi connectivity index (χ2n) is 7.10. The Morgan fingerprint density at radius 3 is 2.44 bits per heavy atom. The summed E-state index contributed by atoms with van der Waals surface area (Å²) in [7, 11) is 1.54. The molecule has 1 N–H and O–H groups in total. The normalized spacial score (nSPS) is 15.5. The summed E-state index contributed by atoms with van der Waals surface area (Å²) in [5.41, 5.74) is 2.88. The summed E-state index contributed by atoms with van der Waals surface area (Å²) in [5.74, 6) is 1.41. The van der Waals surface area contributed by atoms with E-state index in [1.54, 1.807) is 34.9 Å². The lowest BCUT2D eigenvalue weighted by Crippen LogP contribution is -2.28. The van der Waals surface area contributed by atoms with Crippen LogP contribution in [0.25, 0.3) is 0 Å². The molecule has 1 heterocycles. The quantitative estimate of drug-likeness (QED) is 0.543. The van der Waals surface area contributed by atoms with Crippen LogP contribution in [0.2, 0.25) is 0 Å². The van der Waals surface area contributed by atoms with E-state index < -0.39 is 0 Å². The van der Waals surface area contributed by atoms with Crippen molar-refractivity contribution >= 4 is 35.0 Å². The third-order valence-electron chi connectivity index (χ3n) is 5.10. The molecule has 0 radical (unpaired) electrons. The van der Waals surface area contributed by atoms with Crippen molar-refractivity contribution in [1.82, 2.24) is 0 Å².